The molecule has 0 saturated heterocycles. The normalized spacial score (nSPS) is 17.3. The van der Waals surface area contributed by atoms with E-state index in [1.165, 1.54) is 19.2 Å². The van der Waals surface area contributed by atoms with Gasteiger partial charge in [-0.05, 0) is 56.6 Å². The molecule has 154 valence electrons. The van der Waals surface area contributed by atoms with E-state index in [9.17, 15) is 14.0 Å². The lowest BCUT2D eigenvalue weighted by Gasteiger charge is -2.27. The van der Waals surface area contributed by atoms with Gasteiger partial charge in [0.2, 0.25) is 11.8 Å². The van der Waals surface area contributed by atoms with Crippen molar-refractivity contribution in [3.63, 3.8) is 0 Å². The number of likely N-dealkylation sites (N-methyl/N-ethyl adjacent to an activating group) is 1. The molecule has 3 rings (SSSR count). The van der Waals surface area contributed by atoms with Gasteiger partial charge in [0.05, 0.1) is 19.7 Å². The van der Waals surface area contributed by atoms with E-state index in [-0.39, 0.29) is 18.4 Å². The third kappa shape index (κ3) is 4.56. The van der Waals surface area contributed by atoms with E-state index in [2.05, 4.69) is 10.6 Å². The molecular formula is C22H26FN3O3. The van der Waals surface area contributed by atoms with Crippen molar-refractivity contribution in [2.45, 2.75) is 38.4 Å². The molecule has 2 aromatic rings. The number of hydrogen-bond acceptors (Lipinski definition) is 4. The summed E-state index contributed by atoms with van der Waals surface area (Å²) in [7, 11) is 3.20. The summed E-state index contributed by atoms with van der Waals surface area (Å²) in [6.45, 7) is 1.88. The number of aryl methyl sites for hydroxylation is 1. The fourth-order valence-corrected chi connectivity index (χ4v) is 3.48. The van der Waals surface area contributed by atoms with Gasteiger partial charge in [-0.3, -0.25) is 9.59 Å². The van der Waals surface area contributed by atoms with Gasteiger partial charge in [0.25, 0.3) is 0 Å². The molecule has 6 nitrogen and oxygen atoms in total. The van der Waals surface area contributed by atoms with Gasteiger partial charge in [-0.2, -0.15) is 0 Å². The number of benzene rings is 2. The van der Waals surface area contributed by atoms with E-state index in [4.69, 9.17) is 4.74 Å². The zero-order valence-corrected chi connectivity index (χ0v) is 16.9. The van der Waals surface area contributed by atoms with Crippen molar-refractivity contribution in [1.29, 1.82) is 0 Å². The Morgan fingerprint density at radius 3 is 2.79 bits per heavy atom. The van der Waals surface area contributed by atoms with Crippen LogP contribution in [0.4, 0.5) is 10.1 Å². The number of halogens is 1. The highest BCUT2D eigenvalue weighted by Crippen LogP contribution is 2.30. The van der Waals surface area contributed by atoms with Gasteiger partial charge in [-0.25, -0.2) is 4.39 Å². The molecule has 7 heteroatoms. The lowest BCUT2D eigenvalue weighted by molar-refractivity contribution is -0.128. The first-order valence-corrected chi connectivity index (χ1v) is 9.64. The number of carbonyl (C=O) groups excluding carboxylic acids is 2. The van der Waals surface area contributed by atoms with Crippen LogP contribution >= 0.6 is 0 Å². The minimum Gasteiger partial charge on any atom is -0.496 e. The Hall–Kier alpha value is -2.93. The molecule has 0 bridgehead atoms. The smallest absolute Gasteiger partial charge is 0.249 e. The van der Waals surface area contributed by atoms with E-state index in [0.717, 1.165) is 11.3 Å². The SMILES string of the molecule is CNC(C)C(=O)NC1CCc2ccccc2N(Cc2cc(F)ccc2OC)C1=O. The molecule has 1 heterocycles. The zero-order valence-electron chi connectivity index (χ0n) is 16.9. The van der Waals surface area contributed by atoms with Crippen LogP contribution in [0.1, 0.15) is 24.5 Å². The summed E-state index contributed by atoms with van der Waals surface area (Å²) in [5.74, 6) is -0.354. The fraction of sp³-hybridized carbons (Fsp3) is 0.364. The van der Waals surface area contributed by atoms with Crippen LogP contribution in [-0.2, 0) is 22.6 Å². The second-order valence-electron chi connectivity index (χ2n) is 7.12. The number of hydrogen-bond donors (Lipinski definition) is 2. The molecule has 0 radical (unpaired) electrons. The summed E-state index contributed by atoms with van der Waals surface area (Å²) in [5, 5.41) is 5.73. The Bertz CT molecular complexity index is 903. The van der Waals surface area contributed by atoms with Gasteiger partial charge in [0, 0.05) is 11.3 Å². The van der Waals surface area contributed by atoms with E-state index < -0.39 is 17.9 Å². The fourth-order valence-electron chi connectivity index (χ4n) is 3.48. The van der Waals surface area contributed by atoms with Crippen molar-refractivity contribution >= 4 is 17.5 Å². The molecular weight excluding hydrogens is 373 g/mol. The maximum atomic E-state index is 13.9. The number of nitrogens with zero attached hydrogens (tertiary/aromatic N) is 1. The monoisotopic (exact) mass is 399 g/mol. The maximum Gasteiger partial charge on any atom is 0.249 e. The molecule has 2 unspecified atom stereocenters. The summed E-state index contributed by atoms with van der Waals surface area (Å²) in [4.78, 5) is 27.4. The molecule has 2 atom stereocenters. The van der Waals surface area contributed by atoms with Crippen molar-refractivity contribution in [3.8, 4) is 5.75 Å². The summed E-state index contributed by atoms with van der Waals surface area (Å²) >= 11 is 0. The Labute approximate surface area is 170 Å². The van der Waals surface area contributed by atoms with Crippen molar-refractivity contribution in [2.75, 3.05) is 19.1 Å². The number of para-hydroxylation sites is 1. The van der Waals surface area contributed by atoms with Gasteiger partial charge in [0.15, 0.2) is 0 Å². The molecule has 29 heavy (non-hydrogen) atoms. The highest BCUT2D eigenvalue weighted by Gasteiger charge is 2.32. The van der Waals surface area contributed by atoms with Gasteiger partial charge in [-0.1, -0.05) is 18.2 Å². The lowest BCUT2D eigenvalue weighted by Crippen LogP contribution is -2.52. The highest BCUT2D eigenvalue weighted by atomic mass is 19.1. The Morgan fingerprint density at radius 2 is 2.07 bits per heavy atom. The van der Waals surface area contributed by atoms with E-state index in [0.29, 0.717) is 24.2 Å². The van der Waals surface area contributed by atoms with Gasteiger partial charge in [0.1, 0.15) is 17.6 Å². The molecule has 0 saturated carbocycles. The number of anilines is 1. The summed E-state index contributed by atoms with van der Waals surface area (Å²) in [5.41, 5.74) is 2.34. The third-order valence-corrected chi connectivity index (χ3v) is 5.26. The minimum atomic E-state index is -0.662. The largest absolute Gasteiger partial charge is 0.496 e. The number of ether oxygens (including phenoxy) is 1. The molecule has 2 aromatic carbocycles. The predicted octanol–water partition coefficient (Wildman–Crippen LogP) is 2.41. The van der Waals surface area contributed by atoms with Crippen LogP contribution in [0.15, 0.2) is 42.5 Å². The van der Waals surface area contributed by atoms with Crippen LogP contribution in [0.25, 0.3) is 0 Å². The lowest BCUT2D eigenvalue weighted by atomic mass is 10.1. The Morgan fingerprint density at radius 1 is 1.31 bits per heavy atom. The van der Waals surface area contributed by atoms with E-state index >= 15 is 0 Å². The van der Waals surface area contributed by atoms with E-state index in [1.807, 2.05) is 24.3 Å². The summed E-state index contributed by atoms with van der Waals surface area (Å²) in [6, 6.07) is 10.8. The van der Waals surface area contributed by atoms with Crippen molar-refractivity contribution < 1.29 is 18.7 Å². The number of carbonyl (C=O) groups is 2. The van der Waals surface area contributed by atoms with E-state index in [1.54, 1.807) is 24.9 Å². The van der Waals surface area contributed by atoms with Crippen LogP contribution in [0.5, 0.6) is 5.75 Å². The third-order valence-electron chi connectivity index (χ3n) is 5.26. The Kier molecular flexibility index (Phi) is 6.49. The topological polar surface area (TPSA) is 70.7 Å². The molecule has 2 N–H and O–H groups in total. The van der Waals surface area contributed by atoms with Crippen molar-refractivity contribution in [1.82, 2.24) is 10.6 Å². The van der Waals surface area contributed by atoms with Crippen LogP contribution in [0.3, 0.4) is 0 Å². The van der Waals surface area contributed by atoms with Crippen LogP contribution in [-0.4, -0.2) is 38.1 Å². The first-order valence-electron chi connectivity index (χ1n) is 9.64. The van der Waals surface area contributed by atoms with Crippen LogP contribution < -0.4 is 20.3 Å². The van der Waals surface area contributed by atoms with Gasteiger partial charge in [-0.15, -0.1) is 0 Å². The number of methoxy groups -OCH3 is 1. The first-order chi connectivity index (χ1) is 13.9. The molecule has 0 spiro atoms. The summed E-state index contributed by atoms with van der Waals surface area (Å²) < 4.78 is 19.2. The molecule has 0 fully saturated rings. The maximum absolute atomic E-state index is 13.9. The highest BCUT2D eigenvalue weighted by molar-refractivity contribution is 6.00. The first kappa shape index (κ1) is 20.8. The zero-order chi connectivity index (χ0) is 21.0. The Balaban J connectivity index is 1.96. The number of fused-ring (bicyclic) bond motifs is 1. The molecule has 1 aliphatic heterocycles. The number of nitrogens with one attached hydrogen (secondary N) is 2. The molecule has 2 amide bonds. The van der Waals surface area contributed by atoms with Crippen LogP contribution in [0.2, 0.25) is 0 Å². The molecule has 0 aliphatic carbocycles. The van der Waals surface area contributed by atoms with Crippen molar-refractivity contribution in [3.05, 3.63) is 59.4 Å². The second-order valence-corrected chi connectivity index (χ2v) is 7.12. The van der Waals surface area contributed by atoms with Crippen molar-refractivity contribution in [2.24, 2.45) is 0 Å². The average molecular weight is 399 g/mol. The standard InChI is InChI=1S/C22H26FN3O3/c1-14(24-2)21(27)25-18-10-8-15-6-4-5-7-19(15)26(22(18)28)13-16-12-17(23)9-11-20(16)29-3/h4-7,9,11-12,14,18,24H,8,10,13H2,1-3H3,(H,25,27). The van der Waals surface area contributed by atoms with Gasteiger partial charge >= 0.3 is 0 Å². The average Bonchev–Trinajstić information content (AvgIpc) is 2.85. The number of rotatable bonds is 6. The van der Waals surface area contributed by atoms with Gasteiger partial charge < -0.3 is 20.3 Å². The van der Waals surface area contributed by atoms with Crippen LogP contribution in [0, 0.1) is 5.82 Å². The molecule has 0 aromatic heterocycles. The quantitative estimate of drug-likeness (QED) is 0.783. The predicted molar refractivity (Wildman–Crippen MR) is 109 cm³/mol. The number of amides is 2. The summed E-state index contributed by atoms with van der Waals surface area (Å²) in [6.07, 6.45) is 1.15. The second kappa shape index (κ2) is 9.05. The molecule has 1 aliphatic rings. The minimum absolute atomic E-state index is 0.144.